The number of methoxy groups -OCH3 is 2. The summed E-state index contributed by atoms with van der Waals surface area (Å²) in [6, 6.07) is 5.43. The maximum absolute atomic E-state index is 11.9. The zero-order chi connectivity index (χ0) is 14.5. The molecule has 0 bridgehead atoms. The van der Waals surface area contributed by atoms with Gasteiger partial charge < -0.3 is 20.5 Å². The van der Waals surface area contributed by atoms with Crippen molar-refractivity contribution >= 4 is 18.3 Å². The molecule has 6 heteroatoms. The van der Waals surface area contributed by atoms with Gasteiger partial charge in [0.15, 0.2) is 11.5 Å². The molecule has 3 N–H and O–H groups in total. The summed E-state index contributed by atoms with van der Waals surface area (Å²) in [5.74, 6) is 1.20. The highest BCUT2D eigenvalue weighted by Gasteiger charge is 2.18. The van der Waals surface area contributed by atoms with Gasteiger partial charge in [0.2, 0.25) is 5.91 Å². The third-order valence-corrected chi connectivity index (χ3v) is 2.80. The van der Waals surface area contributed by atoms with E-state index in [0.29, 0.717) is 18.0 Å². The van der Waals surface area contributed by atoms with E-state index in [1.54, 1.807) is 26.4 Å². The molecule has 0 aliphatic heterocycles. The van der Waals surface area contributed by atoms with Gasteiger partial charge in [0.1, 0.15) is 0 Å². The van der Waals surface area contributed by atoms with Gasteiger partial charge in [-0.05, 0) is 31.5 Å². The van der Waals surface area contributed by atoms with Gasteiger partial charge in [0.25, 0.3) is 0 Å². The molecular weight excluding hydrogens is 280 g/mol. The van der Waals surface area contributed by atoms with E-state index in [1.165, 1.54) is 0 Å². The highest BCUT2D eigenvalue weighted by molar-refractivity contribution is 5.85. The molecule has 0 aromatic heterocycles. The Bertz CT molecular complexity index is 450. The van der Waals surface area contributed by atoms with Crippen LogP contribution < -0.4 is 20.5 Å². The summed E-state index contributed by atoms with van der Waals surface area (Å²) in [6.07, 6.45) is 0.282. The van der Waals surface area contributed by atoms with Crippen LogP contribution in [0, 0.1) is 0 Å². The fraction of sp³-hybridized carbons (Fsp3) is 0.500. The molecule has 114 valence electrons. The van der Waals surface area contributed by atoms with E-state index < -0.39 is 5.54 Å². The maximum Gasteiger partial charge on any atom is 0.224 e. The Morgan fingerprint density at radius 1 is 1.25 bits per heavy atom. The summed E-state index contributed by atoms with van der Waals surface area (Å²) in [6.45, 7) is 4.17. The van der Waals surface area contributed by atoms with Crippen molar-refractivity contribution in [3.8, 4) is 11.5 Å². The monoisotopic (exact) mass is 302 g/mol. The average molecular weight is 303 g/mol. The second-order valence-electron chi connectivity index (χ2n) is 5.00. The molecule has 1 aromatic rings. The maximum atomic E-state index is 11.9. The first kappa shape index (κ1) is 18.5. The number of hydrogen-bond acceptors (Lipinski definition) is 4. The van der Waals surface area contributed by atoms with Crippen LogP contribution in [0.1, 0.15) is 19.4 Å². The van der Waals surface area contributed by atoms with Gasteiger partial charge in [-0.3, -0.25) is 4.79 Å². The molecule has 1 rings (SSSR count). The summed E-state index contributed by atoms with van der Waals surface area (Å²) in [4.78, 5) is 11.9. The average Bonchev–Trinajstić information content (AvgIpc) is 2.37. The van der Waals surface area contributed by atoms with E-state index in [9.17, 15) is 4.79 Å². The van der Waals surface area contributed by atoms with Crippen molar-refractivity contribution in [1.82, 2.24) is 5.32 Å². The van der Waals surface area contributed by atoms with Gasteiger partial charge in [-0.1, -0.05) is 6.07 Å². The Balaban J connectivity index is 0.00000361. The third-order valence-electron chi connectivity index (χ3n) is 2.80. The number of nitrogens with two attached hydrogens (primary N) is 1. The van der Waals surface area contributed by atoms with Crippen LogP contribution in [-0.2, 0) is 11.2 Å². The molecule has 0 heterocycles. The molecule has 0 saturated carbocycles. The zero-order valence-electron chi connectivity index (χ0n) is 12.4. The number of hydrogen-bond donors (Lipinski definition) is 2. The van der Waals surface area contributed by atoms with Crippen molar-refractivity contribution in [2.75, 3.05) is 20.8 Å². The molecule has 0 radical (unpaired) electrons. The van der Waals surface area contributed by atoms with E-state index >= 15 is 0 Å². The van der Waals surface area contributed by atoms with E-state index in [2.05, 4.69) is 5.32 Å². The first-order valence-electron chi connectivity index (χ1n) is 6.14. The molecule has 5 nitrogen and oxygen atoms in total. The standard InChI is InChI=1S/C14H22N2O3.ClH/c1-14(2,9-15)16-13(17)8-10-5-6-11(18-3)12(7-10)19-4;/h5-7H,8-9,15H2,1-4H3,(H,16,17);1H. The molecule has 0 fully saturated rings. The van der Waals surface area contributed by atoms with Crippen LogP contribution in [0.2, 0.25) is 0 Å². The normalized spacial score (nSPS) is 10.4. The highest BCUT2D eigenvalue weighted by atomic mass is 35.5. The van der Waals surface area contributed by atoms with Crippen LogP contribution in [0.3, 0.4) is 0 Å². The van der Waals surface area contributed by atoms with Crippen LogP contribution in [0.4, 0.5) is 0 Å². The van der Waals surface area contributed by atoms with Crippen molar-refractivity contribution in [2.24, 2.45) is 5.73 Å². The van der Waals surface area contributed by atoms with Gasteiger partial charge in [0.05, 0.1) is 20.6 Å². The number of nitrogens with one attached hydrogen (secondary N) is 1. The minimum Gasteiger partial charge on any atom is -0.493 e. The smallest absolute Gasteiger partial charge is 0.224 e. The first-order chi connectivity index (χ1) is 8.91. The van der Waals surface area contributed by atoms with Gasteiger partial charge in [-0.25, -0.2) is 0 Å². The minimum atomic E-state index is -0.395. The molecule has 20 heavy (non-hydrogen) atoms. The van der Waals surface area contributed by atoms with Crippen molar-refractivity contribution < 1.29 is 14.3 Å². The van der Waals surface area contributed by atoms with Gasteiger partial charge in [-0.2, -0.15) is 0 Å². The quantitative estimate of drug-likeness (QED) is 0.835. The molecule has 0 spiro atoms. The zero-order valence-corrected chi connectivity index (χ0v) is 13.2. The lowest BCUT2D eigenvalue weighted by atomic mass is 10.0. The van der Waals surface area contributed by atoms with Crippen molar-refractivity contribution in [3.63, 3.8) is 0 Å². The van der Waals surface area contributed by atoms with Gasteiger partial charge >= 0.3 is 0 Å². The summed E-state index contributed by atoms with van der Waals surface area (Å²) in [7, 11) is 3.15. The Kier molecular flexibility index (Phi) is 7.39. The second kappa shape index (κ2) is 7.97. The molecule has 0 aliphatic rings. The van der Waals surface area contributed by atoms with E-state index in [1.807, 2.05) is 19.9 Å². The Labute approximate surface area is 126 Å². The Hall–Kier alpha value is -1.46. The van der Waals surface area contributed by atoms with E-state index in [-0.39, 0.29) is 24.7 Å². The summed E-state index contributed by atoms with van der Waals surface area (Å²) in [5.41, 5.74) is 6.05. The number of amides is 1. The summed E-state index contributed by atoms with van der Waals surface area (Å²) < 4.78 is 10.4. The predicted octanol–water partition coefficient (Wildman–Crippen LogP) is 1.52. The van der Waals surface area contributed by atoms with Crippen molar-refractivity contribution in [2.45, 2.75) is 25.8 Å². The van der Waals surface area contributed by atoms with Crippen LogP contribution in [-0.4, -0.2) is 32.2 Å². The van der Waals surface area contributed by atoms with Crippen LogP contribution in [0.5, 0.6) is 11.5 Å². The van der Waals surface area contributed by atoms with Crippen LogP contribution in [0.15, 0.2) is 18.2 Å². The largest absolute Gasteiger partial charge is 0.493 e. The predicted molar refractivity (Wildman–Crippen MR) is 81.8 cm³/mol. The van der Waals surface area contributed by atoms with E-state index in [0.717, 1.165) is 5.56 Å². The van der Waals surface area contributed by atoms with E-state index in [4.69, 9.17) is 15.2 Å². The molecule has 0 saturated heterocycles. The first-order valence-corrected chi connectivity index (χ1v) is 6.14. The summed E-state index contributed by atoms with van der Waals surface area (Å²) >= 11 is 0. The SMILES string of the molecule is COc1ccc(CC(=O)NC(C)(C)CN)cc1OC.Cl. The Morgan fingerprint density at radius 2 is 1.85 bits per heavy atom. The number of benzene rings is 1. The molecule has 0 aliphatic carbocycles. The molecule has 1 aromatic carbocycles. The lowest BCUT2D eigenvalue weighted by molar-refractivity contribution is -0.121. The number of carbonyl (C=O) groups excluding carboxylic acids is 1. The highest BCUT2D eigenvalue weighted by Crippen LogP contribution is 2.27. The van der Waals surface area contributed by atoms with Gasteiger partial charge in [0, 0.05) is 12.1 Å². The van der Waals surface area contributed by atoms with Crippen molar-refractivity contribution in [1.29, 1.82) is 0 Å². The number of ether oxygens (including phenoxy) is 2. The lowest BCUT2D eigenvalue weighted by Gasteiger charge is -2.24. The molecule has 0 atom stereocenters. The lowest BCUT2D eigenvalue weighted by Crippen LogP contribution is -2.49. The molecule has 1 amide bonds. The van der Waals surface area contributed by atoms with Gasteiger partial charge in [-0.15, -0.1) is 12.4 Å². The number of carbonyl (C=O) groups is 1. The Morgan fingerprint density at radius 3 is 2.35 bits per heavy atom. The number of halogens is 1. The molecule has 0 unspecified atom stereocenters. The third kappa shape index (κ3) is 5.27. The summed E-state index contributed by atoms with van der Waals surface area (Å²) in [5, 5.41) is 2.88. The van der Waals surface area contributed by atoms with Crippen molar-refractivity contribution in [3.05, 3.63) is 23.8 Å². The second-order valence-corrected chi connectivity index (χ2v) is 5.00. The molecular formula is C14H23ClN2O3. The fourth-order valence-corrected chi connectivity index (χ4v) is 1.65. The van der Waals surface area contributed by atoms with Crippen LogP contribution >= 0.6 is 12.4 Å². The number of rotatable bonds is 6. The van der Waals surface area contributed by atoms with Crippen LogP contribution in [0.25, 0.3) is 0 Å². The minimum absolute atomic E-state index is 0. The topological polar surface area (TPSA) is 73.6 Å². The fourth-order valence-electron chi connectivity index (χ4n) is 1.65.